The van der Waals surface area contributed by atoms with Gasteiger partial charge in [0.25, 0.3) is 0 Å². The summed E-state index contributed by atoms with van der Waals surface area (Å²) in [5, 5.41) is 8.32. The second-order valence-electron chi connectivity index (χ2n) is 6.36. The molecule has 0 radical (unpaired) electrons. The third-order valence-electron chi connectivity index (χ3n) is 4.92. The van der Waals surface area contributed by atoms with Gasteiger partial charge >= 0.3 is 0 Å². The first-order valence-electron chi connectivity index (χ1n) is 8.15. The summed E-state index contributed by atoms with van der Waals surface area (Å²) in [5.41, 5.74) is 2.46. The number of halogens is 1. The minimum atomic E-state index is 0.567. The van der Waals surface area contributed by atoms with Crippen LogP contribution in [0.2, 0.25) is 0 Å². The fourth-order valence-electron chi connectivity index (χ4n) is 3.02. The molecular weight excluding hydrogens is 328 g/mol. The van der Waals surface area contributed by atoms with E-state index in [9.17, 15) is 0 Å². The minimum Gasteiger partial charge on any atom is -0.311 e. The molecule has 3 atom stereocenters. The first kappa shape index (κ1) is 17.0. The molecule has 1 aliphatic heterocycles. The minimum absolute atomic E-state index is 0.567. The Kier molecular flexibility index (Phi) is 5.86. The SMILES string of the molecule is CCc1nn(C)c(CN2CC(C(C)CC)NCC2C)c1Br. The molecule has 0 spiro atoms. The molecule has 1 N–H and O–H groups in total. The summed E-state index contributed by atoms with van der Waals surface area (Å²) in [5.74, 6) is 0.723. The van der Waals surface area contributed by atoms with Gasteiger partial charge in [0.15, 0.2) is 0 Å². The van der Waals surface area contributed by atoms with E-state index in [1.165, 1.54) is 16.6 Å². The number of nitrogens with one attached hydrogen (secondary N) is 1. The van der Waals surface area contributed by atoms with Crippen molar-refractivity contribution in [3.8, 4) is 0 Å². The largest absolute Gasteiger partial charge is 0.311 e. The zero-order valence-corrected chi connectivity index (χ0v) is 15.6. The van der Waals surface area contributed by atoms with E-state index >= 15 is 0 Å². The van der Waals surface area contributed by atoms with E-state index in [4.69, 9.17) is 0 Å². The summed E-state index contributed by atoms with van der Waals surface area (Å²) in [6.45, 7) is 12.3. The van der Waals surface area contributed by atoms with E-state index in [0.29, 0.717) is 12.1 Å². The molecule has 1 saturated heterocycles. The lowest BCUT2D eigenvalue weighted by molar-refractivity contribution is 0.109. The Morgan fingerprint density at radius 2 is 2.14 bits per heavy atom. The summed E-state index contributed by atoms with van der Waals surface area (Å²) in [7, 11) is 2.05. The van der Waals surface area contributed by atoms with Crippen LogP contribution in [0.4, 0.5) is 0 Å². The molecule has 1 fully saturated rings. The van der Waals surface area contributed by atoms with Crippen molar-refractivity contribution in [2.75, 3.05) is 13.1 Å². The molecule has 0 bridgehead atoms. The number of piperazine rings is 1. The van der Waals surface area contributed by atoms with Gasteiger partial charge in [-0.2, -0.15) is 5.10 Å². The molecule has 0 aliphatic carbocycles. The zero-order valence-electron chi connectivity index (χ0n) is 14.0. The Balaban J connectivity index is 2.12. The van der Waals surface area contributed by atoms with Gasteiger partial charge in [0.1, 0.15) is 0 Å². The van der Waals surface area contributed by atoms with Crippen LogP contribution < -0.4 is 5.32 Å². The monoisotopic (exact) mass is 356 g/mol. The molecule has 2 heterocycles. The summed E-state index contributed by atoms with van der Waals surface area (Å²) in [4.78, 5) is 2.59. The molecule has 2 rings (SSSR count). The molecule has 3 unspecified atom stereocenters. The Morgan fingerprint density at radius 1 is 1.43 bits per heavy atom. The van der Waals surface area contributed by atoms with E-state index in [2.05, 4.69) is 66.0 Å². The van der Waals surface area contributed by atoms with Crippen LogP contribution in [0.15, 0.2) is 4.47 Å². The van der Waals surface area contributed by atoms with Crippen LogP contribution in [-0.4, -0.2) is 39.9 Å². The van der Waals surface area contributed by atoms with Crippen LogP contribution in [0, 0.1) is 5.92 Å². The van der Waals surface area contributed by atoms with Crippen molar-refractivity contribution in [3.05, 3.63) is 15.9 Å². The molecule has 1 aromatic rings. The van der Waals surface area contributed by atoms with Gasteiger partial charge in [-0.25, -0.2) is 0 Å². The van der Waals surface area contributed by atoms with Crippen molar-refractivity contribution in [1.29, 1.82) is 0 Å². The van der Waals surface area contributed by atoms with Crippen LogP contribution in [0.3, 0.4) is 0 Å². The van der Waals surface area contributed by atoms with Crippen LogP contribution in [0.1, 0.15) is 45.5 Å². The lowest BCUT2D eigenvalue weighted by atomic mass is 9.95. The summed E-state index contributed by atoms with van der Waals surface area (Å²) in [6.07, 6.45) is 2.20. The molecular formula is C16H29BrN4. The van der Waals surface area contributed by atoms with Crippen LogP contribution >= 0.6 is 15.9 Å². The topological polar surface area (TPSA) is 33.1 Å². The van der Waals surface area contributed by atoms with Crippen LogP contribution in [0.25, 0.3) is 0 Å². The maximum Gasteiger partial charge on any atom is 0.0767 e. The average molecular weight is 357 g/mol. The lowest BCUT2D eigenvalue weighted by Gasteiger charge is -2.41. The third kappa shape index (κ3) is 3.69. The highest BCUT2D eigenvalue weighted by molar-refractivity contribution is 9.10. The van der Waals surface area contributed by atoms with Crippen molar-refractivity contribution in [3.63, 3.8) is 0 Å². The molecule has 5 heteroatoms. The second-order valence-corrected chi connectivity index (χ2v) is 7.16. The second kappa shape index (κ2) is 7.25. The normalized spacial score (nSPS) is 25.2. The van der Waals surface area contributed by atoms with E-state index < -0.39 is 0 Å². The van der Waals surface area contributed by atoms with Crippen molar-refractivity contribution in [2.24, 2.45) is 13.0 Å². The molecule has 4 nitrogen and oxygen atoms in total. The first-order chi connectivity index (χ1) is 9.97. The quantitative estimate of drug-likeness (QED) is 0.880. The van der Waals surface area contributed by atoms with Gasteiger partial charge < -0.3 is 5.32 Å². The maximum absolute atomic E-state index is 4.62. The number of rotatable bonds is 5. The van der Waals surface area contributed by atoms with Gasteiger partial charge in [-0.15, -0.1) is 0 Å². The van der Waals surface area contributed by atoms with Crippen molar-refractivity contribution >= 4 is 15.9 Å². The molecule has 1 aliphatic rings. The van der Waals surface area contributed by atoms with E-state index in [-0.39, 0.29) is 0 Å². The molecule has 0 aromatic carbocycles. The van der Waals surface area contributed by atoms with E-state index in [1.54, 1.807) is 0 Å². The summed E-state index contributed by atoms with van der Waals surface area (Å²) < 4.78 is 3.23. The smallest absolute Gasteiger partial charge is 0.0767 e. The average Bonchev–Trinajstić information content (AvgIpc) is 2.75. The number of aryl methyl sites for hydroxylation is 2. The van der Waals surface area contributed by atoms with Gasteiger partial charge in [-0.3, -0.25) is 9.58 Å². The fourth-order valence-corrected chi connectivity index (χ4v) is 3.76. The maximum atomic E-state index is 4.62. The molecule has 1 aromatic heterocycles. The van der Waals surface area contributed by atoms with E-state index in [0.717, 1.165) is 37.7 Å². The number of nitrogens with zero attached hydrogens (tertiary/aromatic N) is 3. The number of hydrogen-bond acceptors (Lipinski definition) is 3. The van der Waals surface area contributed by atoms with Crippen molar-refractivity contribution in [2.45, 2.75) is 59.2 Å². The Morgan fingerprint density at radius 3 is 2.71 bits per heavy atom. The van der Waals surface area contributed by atoms with Gasteiger partial charge in [0.2, 0.25) is 0 Å². The van der Waals surface area contributed by atoms with Gasteiger partial charge in [-0.05, 0) is 35.2 Å². The van der Waals surface area contributed by atoms with Crippen LogP contribution in [0.5, 0.6) is 0 Å². The molecule has 120 valence electrons. The molecule has 0 amide bonds. The van der Waals surface area contributed by atoms with Crippen LogP contribution in [-0.2, 0) is 20.0 Å². The van der Waals surface area contributed by atoms with Gasteiger partial charge in [-0.1, -0.05) is 27.2 Å². The highest BCUT2D eigenvalue weighted by Crippen LogP contribution is 2.25. The Bertz CT molecular complexity index is 471. The Hall–Kier alpha value is -0.390. The fraction of sp³-hybridized carbons (Fsp3) is 0.812. The zero-order chi connectivity index (χ0) is 15.6. The standard InChI is InChI=1S/C16H29BrN4/c1-6-11(3)14-9-21(12(4)8-18-14)10-15-16(17)13(7-2)19-20(15)5/h11-12,14,18H,6-10H2,1-5H3. The van der Waals surface area contributed by atoms with Crippen molar-refractivity contribution in [1.82, 2.24) is 20.0 Å². The summed E-state index contributed by atoms with van der Waals surface area (Å²) in [6, 6.07) is 1.17. The summed E-state index contributed by atoms with van der Waals surface area (Å²) >= 11 is 3.74. The highest BCUT2D eigenvalue weighted by Gasteiger charge is 2.29. The highest BCUT2D eigenvalue weighted by atomic mass is 79.9. The molecule has 21 heavy (non-hydrogen) atoms. The number of hydrogen-bond donors (Lipinski definition) is 1. The van der Waals surface area contributed by atoms with E-state index in [1.807, 2.05) is 4.68 Å². The number of aromatic nitrogens is 2. The van der Waals surface area contributed by atoms with Gasteiger partial charge in [0.05, 0.1) is 15.9 Å². The first-order valence-corrected chi connectivity index (χ1v) is 8.94. The Labute approximate surface area is 137 Å². The van der Waals surface area contributed by atoms with Crippen molar-refractivity contribution < 1.29 is 0 Å². The van der Waals surface area contributed by atoms with Gasteiger partial charge in [0, 0.05) is 38.8 Å². The molecule has 0 saturated carbocycles. The lowest BCUT2D eigenvalue weighted by Crippen LogP contribution is -2.57. The predicted molar refractivity (Wildman–Crippen MR) is 91.4 cm³/mol. The third-order valence-corrected chi connectivity index (χ3v) is 5.83. The predicted octanol–water partition coefficient (Wildman–Crippen LogP) is 2.95.